The highest BCUT2D eigenvalue weighted by atomic mass is 32.2. The number of thioether (sulfide) groups is 2. The Morgan fingerprint density at radius 3 is 1.57 bits per heavy atom. The molecule has 3 aromatic rings. The topological polar surface area (TPSA) is 82.1 Å². The van der Waals surface area contributed by atoms with Crippen LogP contribution in [-0.2, 0) is 23.2 Å². The SMILES string of the molecule is CCOP(=O)(OCC)Oc1ccccc1N1C(=O)C2=C3C=C(c4ccccc4)SC3(C)C3(C)SC(c4ccccc4)=CC3=C2C1=O. The van der Waals surface area contributed by atoms with Gasteiger partial charge in [-0.25, -0.2) is 9.46 Å². The fraction of sp³-hybridized carbons (Fsp3) is 0.222. The van der Waals surface area contributed by atoms with Crippen molar-refractivity contribution in [1.29, 1.82) is 0 Å². The number of fused-ring (bicyclic) bond motifs is 4. The summed E-state index contributed by atoms with van der Waals surface area (Å²) in [5.74, 6) is -0.850. The van der Waals surface area contributed by atoms with Gasteiger partial charge in [-0.2, -0.15) is 0 Å². The summed E-state index contributed by atoms with van der Waals surface area (Å²) in [6.45, 7) is 7.90. The first kappa shape index (κ1) is 31.0. The molecule has 0 radical (unpaired) electrons. The molecule has 2 unspecified atom stereocenters. The molecule has 0 spiro atoms. The van der Waals surface area contributed by atoms with E-state index in [9.17, 15) is 14.2 Å². The number of para-hydroxylation sites is 2. The maximum atomic E-state index is 14.7. The molecule has 0 N–H and O–H groups in total. The zero-order valence-electron chi connectivity index (χ0n) is 25.8. The van der Waals surface area contributed by atoms with Crippen LogP contribution in [0.3, 0.4) is 0 Å². The molecule has 1 saturated heterocycles. The molecule has 3 aliphatic heterocycles. The van der Waals surface area contributed by atoms with Crippen LogP contribution >= 0.6 is 31.3 Å². The second-order valence-electron chi connectivity index (χ2n) is 11.4. The molecular formula is C36H32NO6PS2. The minimum Gasteiger partial charge on any atom is -0.402 e. The molecule has 234 valence electrons. The number of amides is 2. The van der Waals surface area contributed by atoms with Crippen molar-refractivity contribution >= 4 is 58.7 Å². The van der Waals surface area contributed by atoms with Crippen molar-refractivity contribution in [2.75, 3.05) is 18.1 Å². The molecule has 1 fully saturated rings. The standard InChI is InChI=1S/C36H32NO6PS2/c1-5-41-44(40,42-6-2)43-28-20-14-13-19-27(28)37-33(38)31-25-21-29(23-15-9-7-10-16-23)45-35(25,3)36(4)26(32(31)34(37)39)22-30(46-36)24-17-11-8-12-18-24/h7-22H,5-6H2,1-4H3. The Balaban J connectivity index is 1.43. The van der Waals surface area contributed by atoms with Gasteiger partial charge in [0, 0.05) is 9.81 Å². The minimum absolute atomic E-state index is 0.0532. The van der Waals surface area contributed by atoms with Gasteiger partial charge in [-0.3, -0.25) is 18.6 Å². The van der Waals surface area contributed by atoms with Crippen LogP contribution in [0, 0.1) is 0 Å². The number of carbonyl (C=O) groups is 2. The highest BCUT2D eigenvalue weighted by Gasteiger charge is 2.63. The Kier molecular flexibility index (Phi) is 7.81. The summed E-state index contributed by atoms with van der Waals surface area (Å²) in [6, 6.07) is 26.8. The molecular weight excluding hydrogens is 638 g/mol. The third-order valence-corrected chi connectivity index (χ3v) is 13.7. The van der Waals surface area contributed by atoms with E-state index < -0.39 is 29.1 Å². The summed E-state index contributed by atoms with van der Waals surface area (Å²) in [5, 5.41) is 0. The van der Waals surface area contributed by atoms with Crippen LogP contribution in [0.4, 0.5) is 5.69 Å². The number of carbonyl (C=O) groups excluding carboxylic acids is 2. The van der Waals surface area contributed by atoms with Gasteiger partial charge in [-0.15, -0.1) is 23.5 Å². The third-order valence-electron chi connectivity index (χ3n) is 8.75. The van der Waals surface area contributed by atoms with E-state index in [0.29, 0.717) is 11.1 Å². The summed E-state index contributed by atoms with van der Waals surface area (Å²) >= 11 is 3.46. The Morgan fingerprint density at radius 2 is 1.11 bits per heavy atom. The Bertz CT molecular complexity index is 1840. The van der Waals surface area contributed by atoms with Crippen LogP contribution in [0.1, 0.15) is 38.8 Å². The Labute approximate surface area is 277 Å². The maximum absolute atomic E-state index is 14.7. The molecule has 0 aromatic heterocycles. The van der Waals surface area contributed by atoms with Crippen molar-refractivity contribution in [3.63, 3.8) is 0 Å². The van der Waals surface area contributed by atoms with Gasteiger partial charge in [0.15, 0.2) is 5.75 Å². The van der Waals surface area contributed by atoms with Crippen LogP contribution in [-0.4, -0.2) is 34.5 Å². The highest BCUT2D eigenvalue weighted by Crippen LogP contribution is 2.70. The van der Waals surface area contributed by atoms with E-state index in [1.807, 2.05) is 36.4 Å². The molecule has 2 amide bonds. The number of allylic oxidation sites excluding steroid dienone is 2. The lowest BCUT2D eigenvalue weighted by Gasteiger charge is -2.46. The molecule has 1 aliphatic carbocycles. The summed E-state index contributed by atoms with van der Waals surface area (Å²) < 4.78 is 28.8. The van der Waals surface area contributed by atoms with E-state index in [0.717, 1.165) is 37.0 Å². The quantitative estimate of drug-likeness (QED) is 0.165. The predicted octanol–water partition coefficient (Wildman–Crippen LogP) is 8.82. The van der Waals surface area contributed by atoms with Crippen molar-refractivity contribution in [1.82, 2.24) is 0 Å². The first-order chi connectivity index (χ1) is 22.1. The summed E-state index contributed by atoms with van der Waals surface area (Å²) in [6.07, 6.45) is 4.15. The van der Waals surface area contributed by atoms with Crippen molar-refractivity contribution < 1.29 is 27.7 Å². The largest absolute Gasteiger partial charge is 0.530 e. The number of hydrogen-bond acceptors (Lipinski definition) is 8. The zero-order chi connectivity index (χ0) is 32.3. The average molecular weight is 670 g/mol. The highest BCUT2D eigenvalue weighted by molar-refractivity contribution is 8.14. The van der Waals surface area contributed by atoms with Gasteiger partial charge >= 0.3 is 7.82 Å². The van der Waals surface area contributed by atoms with Crippen molar-refractivity contribution in [3.05, 3.63) is 131 Å². The van der Waals surface area contributed by atoms with E-state index >= 15 is 0 Å². The van der Waals surface area contributed by atoms with Gasteiger partial charge in [-0.1, -0.05) is 72.8 Å². The summed E-state index contributed by atoms with van der Waals surface area (Å²) in [7, 11) is -4.02. The molecule has 46 heavy (non-hydrogen) atoms. The van der Waals surface area contributed by atoms with Gasteiger partial charge in [0.1, 0.15) is 0 Å². The number of anilines is 1. The second-order valence-corrected chi connectivity index (χ2v) is 15.9. The van der Waals surface area contributed by atoms with Crippen molar-refractivity contribution in [2.24, 2.45) is 0 Å². The van der Waals surface area contributed by atoms with Crippen LogP contribution in [0.15, 0.2) is 119 Å². The number of hydrogen-bond donors (Lipinski definition) is 0. The molecule has 0 saturated carbocycles. The number of imide groups is 1. The van der Waals surface area contributed by atoms with E-state index in [4.69, 9.17) is 13.6 Å². The Hall–Kier alpha value is -3.59. The third kappa shape index (κ3) is 4.71. The predicted molar refractivity (Wildman–Crippen MR) is 185 cm³/mol. The fourth-order valence-corrected chi connectivity index (χ4v) is 10.8. The Morgan fingerprint density at radius 1 is 0.674 bits per heavy atom. The molecule has 4 aliphatic rings. The first-order valence-corrected chi connectivity index (χ1v) is 18.2. The smallest absolute Gasteiger partial charge is 0.402 e. The minimum atomic E-state index is -4.02. The van der Waals surface area contributed by atoms with E-state index in [2.05, 4.69) is 50.3 Å². The van der Waals surface area contributed by atoms with Crippen LogP contribution < -0.4 is 9.42 Å². The number of phosphoric ester groups is 1. The fourth-order valence-electron chi connectivity index (χ4n) is 6.46. The van der Waals surface area contributed by atoms with Crippen molar-refractivity contribution in [3.8, 4) is 5.75 Å². The monoisotopic (exact) mass is 669 g/mol. The summed E-state index contributed by atoms with van der Waals surface area (Å²) in [4.78, 5) is 32.5. The molecule has 7 nitrogen and oxygen atoms in total. The van der Waals surface area contributed by atoms with Crippen LogP contribution in [0.25, 0.3) is 9.81 Å². The van der Waals surface area contributed by atoms with Crippen molar-refractivity contribution in [2.45, 2.75) is 37.2 Å². The van der Waals surface area contributed by atoms with E-state index in [-0.39, 0.29) is 24.7 Å². The number of nitrogens with zero attached hydrogens (tertiary/aromatic N) is 1. The van der Waals surface area contributed by atoms with Gasteiger partial charge in [-0.05, 0) is 74.3 Å². The lowest BCUT2D eigenvalue weighted by molar-refractivity contribution is -0.119. The maximum Gasteiger partial charge on any atom is 0.530 e. The van der Waals surface area contributed by atoms with E-state index in [1.54, 1.807) is 61.6 Å². The lowest BCUT2D eigenvalue weighted by Crippen LogP contribution is -2.48. The molecule has 7 rings (SSSR count). The number of benzene rings is 3. The molecule has 3 aromatic carbocycles. The molecule has 10 heteroatoms. The summed E-state index contributed by atoms with van der Waals surface area (Å²) in [5.41, 5.74) is 4.69. The van der Waals surface area contributed by atoms with Gasteiger partial charge < -0.3 is 4.52 Å². The zero-order valence-corrected chi connectivity index (χ0v) is 28.3. The van der Waals surface area contributed by atoms with E-state index in [1.165, 1.54) is 0 Å². The molecule has 3 heterocycles. The van der Waals surface area contributed by atoms with Crippen LogP contribution in [0.5, 0.6) is 5.75 Å². The number of rotatable bonds is 9. The lowest BCUT2D eigenvalue weighted by atomic mass is 9.72. The van der Waals surface area contributed by atoms with Gasteiger partial charge in [0.05, 0.1) is 39.5 Å². The van der Waals surface area contributed by atoms with Gasteiger partial charge in [0.2, 0.25) is 0 Å². The number of phosphoric acid groups is 1. The molecule has 2 atom stereocenters. The average Bonchev–Trinajstić information content (AvgIpc) is 3.68. The van der Waals surface area contributed by atoms with Crippen LogP contribution in [0.2, 0.25) is 0 Å². The molecule has 0 bridgehead atoms. The normalized spacial score (nSPS) is 23.8. The second kappa shape index (κ2) is 11.6. The first-order valence-electron chi connectivity index (χ1n) is 15.1. The van der Waals surface area contributed by atoms with Gasteiger partial charge in [0.25, 0.3) is 11.8 Å².